The molecule has 0 radical (unpaired) electrons. The van der Waals surface area contributed by atoms with E-state index in [1.807, 2.05) is 0 Å². The summed E-state index contributed by atoms with van der Waals surface area (Å²) in [6.07, 6.45) is 2.79. The Morgan fingerprint density at radius 3 is 2.67 bits per heavy atom. The number of nitrogens with one attached hydrogen (secondary N) is 1. The van der Waals surface area contributed by atoms with Gasteiger partial charge >= 0.3 is 0 Å². The molecule has 108 valence electrons. The third kappa shape index (κ3) is 3.75. The number of nitrogens with two attached hydrogens (primary N) is 1. The summed E-state index contributed by atoms with van der Waals surface area (Å²) in [5.74, 6) is 4.35. The summed E-state index contributed by atoms with van der Waals surface area (Å²) in [4.78, 5) is 7.37. The number of benzene rings is 1. The van der Waals surface area contributed by atoms with Crippen molar-refractivity contribution in [3.63, 3.8) is 0 Å². The topological polar surface area (TPSA) is 98.0 Å². The van der Waals surface area contributed by atoms with Gasteiger partial charge in [0.2, 0.25) is 5.95 Å². The van der Waals surface area contributed by atoms with Crippen molar-refractivity contribution >= 4 is 16.0 Å². The molecule has 0 unspecified atom stereocenters. The number of anilines is 1. The van der Waals surface area contributed by atoms with Gasteiger partial charge in [-0.15, -0.1) is 0 Å². The molecular weight excluding hydrogens is 295 g/mol. The molecule has 3 N–H and O–H groups in total. The molecule has 1 aromatic heterocycles. The standard InChI is InChI=1S/C13H11FN4O2S/c14-11-4-5-12(10(9-11)3-1-6-15)21(19,20)18-13-16-7-2-8-17-13/h2,4-5,7-9H,6,15H2,(H,16,17,18). The van der Waals surface area contributed by atoms with Gasteiger partial charge in [0.15, 0.2) is 0 Å². The van der Waals surface area contributed by atoms with Crippen LogP contribution in [0.4, 0.5) is 10.3 Å². The van der Waals surface area contributed by atoms with E-state index in [1.54, 1.807) is 6.07 Å². The van der Waals surface area contributed by atoms with E-state index in [-0.39, 0.29) is 23.0 Å². The lowest BCUT2D eigenvalue weighted by Crippen LogP contribution is -2.16. The lowest BCUT2D eigenvalue weighted by atomic mass is 10.2. The Morgan fingerprint density at radius 2 is 2.00 bits per heavy atom. The van der Waals surface area contributed by atoms with Crippen LogP contribution in [-0.4, -0.2) is 24.9 Å². The van der Waals surface area contributed by atoms with Gasteiger partial charge in [-0.3, -0.25) is 0 Å². The van der Waals surface area contributed by atoms with Crippen LogP contribution in [0.3, 0.4) is 0 Å². The van der Waals surface area contributed by atoms with Gasteiger partial charge in [-0.1, -0.05) is 11.8 Å². The van der Waals surface area contributed by atoms with Crippen molar-refractivity contribution in [3.05, 3.63) is 48.0 Å². The van der Waals surface area contributed by atoms with Crippen molar-refractivity contribution in [3.8, 4) is 11.8 Å². The molecule has 0 fully saturated rings. The Balaban J connectivity index is 2.45. The quantitative estimate of drug-likeness (QED) is 0.815. The summed E-state index contributed by atoms with van der Waals surface area (Å²) in [7, 11) is -3.98. The molecule has 0 saturated heterocycles. The van der Waals surface area contributed by atoms with Gasteiger partial charge in [-0.2, -0.15) is 0 Å². The number of halogens is 1. The molecule has 6 nitrogen and oxygen atoms in total. The van der Waals surface area contributed by atoms with Crippen LogP contribution in [0, 0.1) is 17.7 Å². The van der Waals surface area contributed by atoms with Gasteiger partial charge < -0.3 is 5.73 Å². The zero-order chi connectivity index (χ0) is 15.3. The molecule has 0 aliphatic carbocycles. The maximum atomic E-state index is 13.3. The monoisotopic (exact) mass is 306 g/mol. The van der Waals surface area contributed by atoms with Crippen LogP contribution in [0.1, 0.15) is 5.56 Å². The van der Waals surface area contributed by atoms with Gasteiger partial charge in [0, 0.05) is 18.0 Å². The molecule has 0 bridgehead atoms. The fourth-order valence-electron chi connectivity index (χ4n) is 1.51. The minimum Gasteiger partial charge on any atom is -0.320 e. The molecule has 0 spiro atoms. The van der Waals surface area contributed by atoms with E-state index in [2.05, 4.69) is 26.5 Å². The third-order valence-electron chi connectivity index (χ3n) is 2.35. The number of rotatable bonds is 3. The van der Waals surface area contributed by atoms with Crippen molar-refractivity contribution in [2.24, 2.45) is 5.73 Å². The van der Waals surface area contributed by atoms with Crippen molar-refractivity contribution in [1.29, 1.82) is 0 Å². The normalized spacial score (nSPS) is 10.6. The molecule has 2 aromatic rings. The first-order valence-corrected chi connectivity index (χ1v) is 7.29. The summed E-state index contributed by atoms with van der Waals surface area (Å²) < 4.78 is 40.0. The minimum absolute atomic E-state index is 0.0175. The maximum absolute atomic E-state index is 13.3. The van der Waals surface area contributed by atoms with Crippen molar-refractivity contribution in [1.82, 2.24) is 9.97 Å². The van der Waals surface area contributed by atoms with E-state index in [0.29, 0.717) is 0 Å². The van der Waals surface area contributed by atoms with Crippen LogP contribution in [0.25, 0.3) is 0 Å². The second-order valence-corrected chi connectivity index (χ2v) is 5.48. The number of aromatic nitrogens is 2. The molecule has 1 heterocycles. The first-order valence-electron chi connectivity index (χ1n) is 5.81. The molecule has 0 aliphatic rings. The first-order chi connectivity index (χ1) is 10.0. The molecule has 0 atom stereocenters. The number of hydrogen-bond acceptors (Lipinski definition) is 5. The first kappa shape index (κ1) is 14.9. The second kappa shape index (κ2) is 6.30. The molecule has 2 rings (SSSR count). The van der Waals surface area contributed by atoms with Gasteiger partial charge in [-0.05, 0) is 24.3 Å². The van der Waals surface area contributed by atoms with E-state index in [0.717, 1.165) is 18.2 Å². The maximum Gasteiger partial charge on any atom is 0.265 e. The highest BCUT2D eigenvalue weighted by Crippen LogP contribution is 2.18. The predicted molar refractivity (Wildman–Crippen MR) is 75.2 cm³/mol. The fourth-order valence-corrected chi connectivity index (χ4v) is 2.61. The van der Waals surface area contributed by atoms with Crippen LogP contribution >= 0.6 is 0 Å². The predicted octanol–water partition coefficient (Wildman–Crippen LogP) is 0.727. The van der Waals surface area contributed by atoms with E-state index >= 15 is 0 Å². The summed E-state index contributed by atoms with van der Waals surface area (Å²) in [6.45, 7) is 0.0330. The van der Waals surface area contributed by atoms with Crippen molar-refractivity contribution in [2.45, 2.75) is 4.90 Å². The van der Waals surface area contributed by atoms with E-state index in [4.69, 9.17) is 5.73 Å². The second-order valence-electron chi connectivity index (χ2n) is 3.82. The van der Waals surface area contributed by atoms with Crippen LogP contribution in [-0.2, 0) is 10.0 Å². The molecule has 8 heteroatoms. The average Bonchev–Trinajstić information content (AvgIpc) is 2.45. The molecular formula is C13H11FN4O2S. The lowest BCUT2D eigenvalue weighted by Gasteiger charge is -2.08. The van der Waals surface area contributed by atoms with Crippen LogP contribution in [0.5, 0.6) is 0 Å². The molecule has 21 heavy (non-hydrogen) atoms. The smallest absolute Gasteiger partial charge is 0.265 e. The average molecular weight is 306 g/mol. The van der Waals surface area contributed by atoms with Crippen molar-refractivity contribution in [2.75, 3.05) is 11.3 Å². The van der Waals surface area contributed by atoms with E-state index < -0.39 is 15.8 Å². The summed E-state index contributed by atoms with van der Waals surface area (Å²) in [6, 6.07) is 4.74. The van der Waals surface area contributed by atoms with Crippen molar-refractivity contribution < 1.29 is 12.8 Å². The number of hydrogen-bond donors (Lipinski definition) is 2. The van der Waals surface area contributed by atoms with E-state index in [1.165, 1.54) is 12.4 Å². The number of nitrogens with zero attached hydrogens (tertiary/aromatic N) is 2. The Kier molecular flexibility index (Phi) is 4.47. The highest BCUT2D eigenvalue weighted by molar-refractivity contribution is 7.92. The van der Waals surface area contributed by atoms with E-state index in [9.17, 15) is 12.8 Å². The molecule has 0 aliphatic heterocycles. The Bertz CT molecular complexity index is 798. The summed E-state index contributed by atoms with van der Waals surface area (Å²) in [5, 5.41) is 0. The largest absolute Gasteiger partial charge is 0.320 e. The summed E-state index contributed by atoms with van der Waals surface area (Å²) >= 11 is 0. The number of sulfonamides is 1. The van der Waals surface area contributed by atoms with Gasteiger partial charge in [-0.25, -0.2) is 27.5 Å². The van der Waals surface area contributed by atoms with Crippen LogP contribution in [0.15, 0.2) is 41.6 Å². The Hall–Kier alpha value is -2.50. The van der Waals surface area contributed by atoms with Gasteiger partial charge in [0.25, 0.3) is 10.0 Å². The zero-order valence-corrected chi connectivity index (χ0v) is 11.6. The zero-order valence-electron chi connectivity index (χ0n) is 10.7. The van der Waals surface area contributed by atoms with Crippen LogP contribution in [0.2, 0.25) is 0 Å². The highest BCUT2D eigenvalue weighted by Gasteiger charge is 2.19. The third-order valence-corrected chi connectivity index (χ3v) is 3.73. The lowest BCUT2D eigenvalue weighted by molar-refractivity contribution is 0.599. The fraction of sp³-hybridized carbons (Fsp3) is 0.0769. The molecule has 0 saturated carbocycles. The van der Waals surface area contributed by atoms with Gasteiger partial charge in [0.05, 0.1) is 6.54 Å². The summed E-state index contributed by atoms with van der Waals surface area (Å²) in [5.41, 5.74) is 5.26. The molecule has 0 amide bonds. The highest BCUT2D eigenvalue weighted by atomic mass is 32.2. The van der Waals surface area contributed by atoms with Crippen LogP contribution < -0.4 is 10.5 Å². The van der Waals surface area contributed by atoms with Gasteiger partial charge in [0.1, 0.15) is 10.7 Å². The Labute approximate surface area is 121 Å². The molecule has 1 aromatic carbocycles. The Morgan fingerprint density at radius 1 is 1.29 bits per heavy atom. The SMILES string of the molecule is NCC#Cc1cc(F)ccc1S(=O)(=O)Nc1ncccn1. The minimum atomic E-state index is -3.98.